The quantitative estimate of drug-likeness (QED) is 0.870. The average Bonchev–Trinajstić information content (AvgIpc) is 2.88. The Bertz CT molecular complexity index is 585. The summed E-state index contributed by atoms with van der Waals surface area (Å²) in [5.41, 5.74) is 7.28. The molecule has 2 heterocycles. The molecule has 5 heteroatoms. The zero-order valence-corrected chi connectivity index (χ0v) is 14.5. The van der Waals surface area contributed by atoms with Crippen LogP contribution in [0.2, 0.25) is 0 Å². The molecule has 4 nitrogen and oxygen atoms in total. The minimum Gasteiger partial charge on any atom is -0.387 e. The predicted octanol–water partition coefficient (Wildman–Crippen LogP) is 3.83. The van der Waals surface area contributed by atoms with Gasteiger partial charge in [0.05, 0.1) is 5.92 Å². The van der Waals surface area contributed by atoms with Crippen molar-refractivity contribution < 1.29 is 0 Å². The maximum Gasteiger partial charge on any atom is 0.125 e. The molecule has 0 bridgehead atoms. The lowest BCUT2D eigenvalue weighted by Gasteiger charge is -2.23. The van der Waals surface area contributed by atoms with E-state index in [9.17, 15) is 0 Å². The van der Waals surface area contributed by atoms with Crippen molar-refractivity contribution in [3.8, 4) is 0 Å². The Morgan fingerprint density at radius 2 is 2.23 bits per heavy atom. The molecule has 120 valence electrons. The van der Waals surface area contributed by atoms with Crippen LogP contribution in [0.5, 0.6) is 0 Å². The van der Waals surface area contributed by atoms with Gasteiger partial charge in [0.1, 0.15) is 11.7 Å². The number of hydrogen-bond donors (Lipinski definition) is 2. The number of amidine groups is 2. The van der Waals surface area contributed by atoms with Crippen molar-refractivity contribution in [3.05, 3.63) is 21.9 Å². The highest BCUT2D eigenvalue weighted by molar-refractivity contribution is 7.11. The zero-order chi connectivity index (χ0) is 16.1. The number of nitrogens with one attached hydrogen (secondary N) is 1. The summed E-state index contributed by atoms with van der Waals surface area (Å²) in [6.07, 6.45) is 3.74. The summed E-state index contributed by atoms with van der Waals surface area (Å²) in [5.74, 6) is 1.22. The van der Waals surface area contributed by atoms with Gasteiger partial charge in [0.2, 0.25) is 0 Å². The van der Waals surface area contributed by atoms with E-state index in [1.165, 1.54) is 9.75 Å². The molecule has 1 aliphatic heterocycles. The summed E-state index contributed by atoms with van der Waals surface area (Å²) in [7, 11) is 0. The highest BCUT2D eigenvalue weighted by Gasteiger charge is 2.23. The van der Waals surface area contributed by atoms with E-state index in [0.29, 0.717) is 11.7 Å². The van der Waals surface area contributed by atoms with Crippen LogP contribution in [0.4, 0.5) is 0 Å². The van der Waals surface area contributed by atoms with Crippen LogP contribution < -0.4 is 5.73 Å². The van der Waals surface area contributed by atoms with E-state index in [1.54, 1.807) is 0 Å². The van der Waals surface area contributed by atoms with Gasteiger partial charge < -0.3 is 5.73 Å². The molecule has 1 aliphatic rings. The van der Waals surface area contributed by atoms with Crippen LogP contribution >= 0.6 is 11.3 Å². The summed E-state index contributed by atoms with van der Waals surface area (Å²) in [5, 5.41) is 7.94. The van der Waals surface area contributed by atoms with E-state index in [0.717, 1.165) is 37.9 Å². The van der Waals surface area contributed by atoms with Crippen molar-refractivity contribution in [3.63, 3.8) is 0 Å². The molecule has 0 aliphatic carbocycles. The largest absolute Gasteiger partial charge is 0.387 e. The molecular formula is C17H26N4S. The SMILES string of the molecule is CCC1C(N)=NC(=N)C(C)CCC1=NCCc1ccc(C)s1. The summed E-state index contributed by atoms with van der Waals surface area (Å²) in [6, 6.07) is 4.35. The van der Waals surface area contributed by atoms with Gasteiger partial charge in [-0.25, -0.2) is 4.99 Å². The van der Waals surface area contributed by atoms with Crippen LogP contribution in [0.15, 0.2) is 22.1 Å². The maximum atomic E-state index is 7.94. The minimum absolute atomic E-state index is 0.0953. The van der Waals surface area contributed by atoms with E-state index in [4.69, 9.17) is 16.1 Å². The van der Waals surface area contributed by atoms with Gasteiger partial charge in [-0.2, -0.15) is 0 Å². The van der Waals surface area contributed by atoms with Gasteiger partial charge in [-0.15, -0.1) is 11.3 Å². The second-order valence-electron chi connectivity index (χ2n) is 5.96. The van der Waals surface area contributed by atoms with Crippen molar-refractivity contribution in [2.75, 3.05) is 6.54 Å². The first-order valence-electron chi connectivity index (χ1n) is 8.02. The monoisotopic (exact) mass is 318 g/mol. The number of aryl methyl sites for hydroxylation is 1. The van der Waals surface area contributed by atoms with Gasteiger partial charge in [-0.3, -0.25) is 10.4 Å². The number of hydrogen-bond acceptors (Lipinski definition) is 4. The molecular weight excluding hydrogens is 292 g/mol. The molecule has 3 N–H and O–H groups in total. The molecule has 1 aromatic rings. The molecule has 1 aromatic heterocycles. The Morgan fingerprint density at radius 1 is 1.45 bits per heavy atom. The van der Waals surface area contributed by atoms with Crippen molar-refractivity contribution in [1.82, 2.24) is 0 Å². The van der Waals surface area contributed by atoms with Gasteiger partial charge in [-0.05, 0) is 38.3 Å². The lowest BCUT2D eigenvalue weighted by Crippen LogP contribution is -2.34. The number of nitrogens with two attached hydrogens (primary N) is 1. The molecule has 0 spiro atoms. The molecule has 2 unspecified atom stereocenters. The van der Waals surface area contributed by atoms with Crippen LogP contribution in [-0.2, 0) is 6.42 Å². The molecule has 0 fully saturated rings. The van der Waals surface area contributed by atoms with Crippen molar-refractivity contribution >= 4 is 28.7 Å². The summed E-state index contributed by atoms with van der Waals surface area (Å²) >= 11 is 1.84. The number of rotatable bonds is 4. The minimum atomic E-state index is 0.0953. The Labute approximate surface area is 137 Å². The van der Waals surface area contributed by atoms with Crippen molar-refractivity contribution in [2.24, 2.45) is 27.6 Å². The molecule has 0 saturated heterocycles. The maximum absolute atomic E-state index is 7.94. The molecule has 0 amide bonds. The van der Waals surface area contributed by atoms with E-state index in [2.05, 4.69) is 31.0 Å². The van der Waals surface area contributed by atoms with Gasteiger partial charge in [0.25, 0.3) is 0 Å². The van der Waals surface area contributed by atoms with Gasteiger partial charge in [0, 0.05) is 34.3 Å². The fourth-order valence-electron chi connectivity index (χ4n) is 2.74. The molecule has 2 rings (SSSR count). The predicted molar refractivity (Wildman–Crippen MR) is 96.6 cm³/mol. The number of nitrogens with zero attached hydrogens (tertiary/aromatic N) is 2. The Kier molecular flexibility index (Phi) is 5.89. The van der Waals surface area contributed by atoms with Crippen LogP contribution in [0.1, 0.15) is 42.9 Å². The third-order valence-corrected chi connectivity index (χ3v) is 5.25. The second kappa shape index (κ2) is 7.68. The van der Waals surface area contributed by atoms with Crippen molar-refractivity contribution in [1.29, 1.82) is 5.41 Å². The smallest absolute Gasteiger partial charge is 0.125 e. The molecule has 0 saturated carbocycles. The summed E-state index contributed by atoms with van der Waals surface area (Å²) in [6.45, 7) is 7.09. The highest BCUT2D eigenvalue weighted by Crippen LogP contribution is 2.20. The Morgan fingerprint density at radius 3 is 2.86 bits per heavy atom. The van der Waals surface area contributed by atoms with E-state index in [1.807, 2.05) is 18.3 Å². The second-order valence-corrected chi connectivity index (χ2v) is 7.33. The van der Waals surface area contributed by atoms with Gasteiger partial charge >= 0.3 is 0 Å². The highest BCUT2D eigenvalue weighted by atomic mass is 32.1. The Hall–Kier alpha value is -1.49. The van der Waals surface area contributed by atoms with Gasteiger partial charge in [0.15, 0.2) is 0 Å². The van der Waals surface area contributed by atoms with E-state index in [-0.39, 0.29) is 11.8 Å². The fourth-order valence-corrected chi connectivity index (χ4v) is 3.62. The third kappa shape index (κ3) is 4.26. The van der Waals surface area contributed by atoms with Crippen LogP contribution in [0, 0.1) is 24.2 Å². The lowest BCUT2D eigenvalue weighted by molar-refractivity contribution is 0.669. The molecule has 2 atom stereocenters. The standard InChI is InChI=1S/C17H26N4S/c1-4-14-15(8-5-11(2)16(18)21-17(14)19)20-10-9-13-7-6-12(3)22-13/h6-7,11,14H,4-5,8-10H2,1-3H3,(H3,18,19,21). The number of thiophene rings is 1. The first kappa shape index (κ1) is 16.9. The molecule has 0 radical (unpaired) electrons. The first-order valence-corrected chi connectivity index (χ1v) is 8.84. The molecule has 0 aromatic carbocycles. The van der Waals surface area contributed by atoms with Crippen LogP contribution in [-0.4, -0.2) is 23.9 Å². The topological polar surface area (TPSA) is 74.6 Å². The average molecular weight is 318 g/mol. The summed E-state index contributed by atoms with van der Waals surface area (Å²) in [4.78, 5) is 11.9. The van der Waals surface area contributed by atoms with Crippen LogP contribution in [0.3, 0.4) is 0 Å². The van der Waals surface area contributed by atoms with Crippen LogP contribution in [0.25, 0.3) is 0 Å². The zero-order valence-electron chi connectivity index (χ0n) is 13.7. The third-order valence-electron chi connectivity index (χ3n) is 4.19. The van der Waals surface area contributed by atoms with E-state index < -0.39 is 0 Å². The number of aliphatic imine (C=N–C) groups is 2. The first-order chi connectivity index (χ1) is 10.5. The lowest BCUT2D eigenvalue weighted by atomic mass is 9.90. The van der Waals surface area contributed by atoms with Gasteiger partial charge in [-0.1, -0.05) is 13.8 Å². The molecule has 22 heavy (non-hydrogen) atoms. The summed E-state index contributed by atoms with van der Waals surface area (Å²) < 4.78 is 0. The normalized spacial score (nSPS) is 25.0. The Balaban J connectivity index is 2.10. The fraction of sp³-hybridized carbons (Fsp3) is 0.588. The van der Waals surface area contributed by atoms with Crippen molar-refractivity contribution in [2.45, 2.75) is 46.5 Å². The van der Waals surface area contributed by atoms with E-state index >= 15 is 0 Å².